The highest BCUT2D eigenvalue weighted by Crippen LogP contribution is 2.31. The lowest BCUT2D eigenvalue weighted by molar-refractivity contribution is -0.407. The molecule has 0 radical (unpaired) electrons. The average molecular weight is 363 g/mol. The van der Waals surface area contributed by atoms with E-state index in [-0.39, 0.29) is 17.8 Å². The first-order chi connectivity index (χ1) is 12.0. The predicted octanol–water partition coefficient (Wildman–Crippen LogP) is 1.34. The van der Waals surface area contributed by atoms with E-state index in [1.165, 1.54) is 36.2 Å². The van der Waals surface area contributed by atoms with Crippen molar-refractivity contribution in [2.24, 2.45) is 10.9 Å². The van der Waals surface area contributed by atoms with Gasteiger partial charge in [0.15, 0.2) is 5.92 Å². The number of urea groups is 1. The lowest BCUT2D eigenvalue weighted by Crippen LogP contribution is -2.52. The molecule has 0 bridgehead atoms. The van der Waals surface area contributed by atoms with Gasteiger partial charge in [-0.15, -0.1) is 16.8 Å². The molecule has 0 aromatic heterocycles. The number of aliphatic imine (C=N–C) groups is 1. The number of thioether (sulfide) groups is 1. The lowest BCUT2D eigenvalue weighted by Gasteiger charge is -2.26. The highest BCUT2D eigenvalue weighted by atomic mass is 32.2. The van der Waals surface area contributed by atoms with Gasteiger partial charge in [0.25, 0.3) is 5.84 Å². The highest BCUT2D eigenvalue weighted by Gasteiger charge is 2.47. The van der Waals surface area contributed by atoms with Crippen LogP contribution < -0.4 is 0 Å². The van der Waals surface area contributed by atoms with Crippen molar-refractivity contribution in [3.05, 3.63) is 11.0 Å². The Morgan fingerprint density at radius 2 is 1.96 bits per heavy atom. The summed E-state index contributed by atoms with van der Waals surface area (Å²) in [6.45, 7) is 1.64. The van der Waals surface area contributed by atoms with Crippen LogP contribution >= 0.6 is 11.8 Å². The molecule has 0 aliphatic carbocycles. The van der Waals surface area contributed by atoms with Gasteiger partial charge >= 0.3 is 11.9 Å². The molecule has 0 aromatic carbocycles. The molecule has 1 unspecified atom stereocenters. The van der Waals surface area contributed by atoms with Crippen molar-refractivity contribution >= 4 is 41.7 Å². The van der Waals surface area contributed by atoms with Gasteiger partial charge in [-0.05, 0) is 18.9 Å². The molecule has 4 amide bonds. The second-order valence-corrected chi connectivity index (χ2v) is 7.51. The van der Waals surface area contributed by atoms with Crippen LogP contribution in [0.5, 0.6) is 0 Å². The van der Waals surface area contributed by atoms with E-state index in [0.29, 0.717) is 11.6 Å². The fraction of sp³-hybridized carbons (Fsp3) is 0.588. The third kappa shape index (κ3) is 3.53. The van der Waals surface area contributed by atoms with E-state index < -0.39 is 5.92 Å². The zero-order chi connectivity index (χ0) is 18.0. The fourth-order valence-electron chi connectivity index (χ4n) is 3.30. The molecule has 25 heavy (non-hydrogen) atoms. The molecule has 1 saturated heterocycles. The van der Waals surface area contributed by atoms with E-state index in [1.54, 1.807) is 19.3 Å². The number of hydrogen-bond acceptors (Lipinski definition) is 5. The van der Waals surface area contributed by atoms with Gasteiger partial charge in [-0.25, -0.2) is 4.79 Å². The van der Waals surface area contributed by atoms with E-state index in [1.807, 2.05) is 4.90 Å². The summed E-state index contributed by atoms with van der Waals surface area (Å²) < 4.78 is 1.40. The molecule has 0 aromatic rings. The third-order valence-corrected chi connectivity index (χ3v) is 5.90. The van der Waals surface area contributed by atoms with E-state index in [9.17, 15) is 14.4 Å². The molecule has 0 spiro atoms. The number of amidine groups is 1. The Kier molecular flexibility index (Phi) is 5.36. The fourth-order valence-corrected chi connectivity index (χ4v) is 4.30. The summed E-state index contributed by atoms with van der Waals surface area (Å²) in [6, 6.07) is -0.389. The summed E-state index contributed by atoms with van der Waals surface area (Å²) in [7, 11) is 3.09. The molecule has 8 heteroatoms. The maximum absolute atomic E-state index is 12.6. The van der Waals surface area contributed by atoms with Crippen LogP contribution in [-0.2, 0) is 9.59 Å². The number of imide groups is 1. The van der Waals surface area contributed by atoms with Crippen molar-refractivity contribution in [3.8, 4) is 0 Å². The van der Waals surface area contributed by atoms with Crippen LogP contribution in [0.2, 0.25) is 0 Å². The largest absolute Gasteiger partial charge is 0.445 e. The summed E-state index contributed by atoms with van der Waals surface area (Å²) in [4.78, 5) is 45.1. The smallest absolute Gasteiger partial charge is 0.342 e. The van der Waals surface area contributed by atoms with Crippen molar-refractivity contribution in [2.45, 2.75) is 25.7 Å². The first kappa shape index (κ1) is 17.8. The molecule has 3 aliphatic heterocycles. The zero-order valence-electron chi connectivity index (χ0n) is 14.6. The number of likely N-dealkylation sites (tertiary alicyclic amines) is 1. The predicted molar refractivity (Wildman–Crippen MR) is 96.9 cm³/mol. The summed E-state index contributed by atoms with van der Waals surface area (Å²) in [5.41, 5.74) is 0. The highest BCUT2D eigenvalue weighted by molar-refractivity contribution is 8.03. The van der Waals surface area contributed by atoms with Crippen molar-refractivity contribution in [3.63, 3.8) is 0 Å². The van der Waals surface area contributed by atoms with Crippen LogP contribution in [0, 0.1) is 5.92 Å². The molecule has 3 heterocycles. The molecule has 3 aliphatic rings. The van der Waals surface area contributed by atoms with Gasteiger partial charge in [0.2, 0.25) is 5.91 Å². The van der Waals surface area contributed by atoms with Crippen molar-refractivity contribution < 1.29 is 19.0 Å². The maximum atomic E-state index is 12.6. The number of carbonyl (C=O) groups is 3. The first-order valence-electron chi connectivity index (χ1n) is 8.57. The number of carbonyl (C=O) groups excluding carboxylic acids is 3. The zero-order valence-corrected chi connectivity index (χ0v) is 15.4. The van der Waals surface area contributed by atoms with Gasteiger partial charge in [-0.1, -0.05) is 12.8 Å². The normalized spacial score (nSPS) is 24.2. The summed E-state index contributed by atoms with van der Waals surface area (Å²) in [5.74, 6) is -0.0493. The van der Waals surface area contributed by atoms with E-state index in [0.717, 1.165) is 35.7 Å². The van der Waals surface area contributed by atoms with Gasteiger partial charge in [0, 0.05) is 18.0 Å². The molecular formula is C17H23N4O3S+. The molecule has 1 fully saturated rings. The van der Waals surface area contributed by atoms with E-state index >= 15 is 0 Å². The number of allylic oxidation sites excluding steroid dienone is 1. The summed E-state index contributed by atoms with van der Waals surface area (Å²) in [6.07, 6.45) is 7.84. The van der Waals surface area contributed by atoms with E-state index in [4.69, 9.17) is 0 Å². The van der Waals surface area contributed by atoms with Gasteiger partial charge < -0.3 is 4.90 Å². The van der Waals surface area contributed by atoms with Gasteiger partial charge in [0.05, 0.1) is 19.8 Å². The third-order valence-electron chi connectivity index (χ3n) is 4.80. The Bertz CT molecular complexity index is 690. The molecule has 0 saturated carbocycles. The van der Waals surface area contributed by atoms with Crippen LogP contribution in [0.4, 0.5) is 4.79 Å². The second kappa shape index (κ2) is 7.51. The van der Waals surface area contributed by atoms with Crippen LogP contribution in [-0.4, -0.2) is 77.2 Å². The number of dihydropyridines is 1. The SMILES string of the molecule is CN1C(=O)C2C(SCC(=O)N3CCCCCC3)=CC=NC2=[N+](C)C1=O. The van der Waals surface area contributed by atoms with Gasteiger partial charge in [0.1, 0.15) is 6.21 Å². The number of nitrogens with zero attached hydrogens (tertiary/aromatic N) is 4. The minimum Gasteiger partial charge on any atom is -0.342 e. The van der Waals surface area contributed by atoms with Crippen LogP contribution in [0.15, 0.2) is 16.0 Å². The summed E-state index contributed by atoms with van der Waals surface area (Å²) in [5, 5.41) is 0. The Labute approximate surface area is 151 Å². The minimum atomic E-state index is -0.598. The Morgan fingerprint density at radius 1 is 1.28 bits per heavy atom. The standard InChI is InChI=1S/C17H23N4O3S/c1-19-15-14(16(23)20(2)17(19)24)12(7-8-18-15)25-11-13(22)21-9-5-3-4-6-10-21/h7-8,14H,3-6,9-11H2,1-2H3/q+1. The number of amides is 4. The van der Waals surface area contributed by atoms with Crippen LogP contribution in [0.3, 0.4) is 0 Å². The Morgan fingerprint density at radius 3 is 2.64 bits per heavy atom. The average Bonchev–Trinajstić information content (AvgIpc) is 2.91. The van der Waals surface area contributed by atoms with Crippen LogP contribution in [0.1, 0.15) is 25.7 Å². The summed E-state index contributed by atoms with van der Waals surface area (Å²) >= 11 is 1.37. The van der Waals surface area contributed by atoms with Gasteiger partial charge in [-0.3, -0.25) is 9.59 Å². The first-order valence-corrected chi connectivity index (χ1v) is 9.56. The van der Waals surface area contributed by atoms with Crippen LogP contribution in [0.25, 0.3) is 0 Å². The monoisotopic (exact) mass is 363 g/mol. The quantitative estimate of drug-likeness (QED) is 0.710. The van der Waals surface area contributed by atoms with Gasteiger partial charge in [-0.2, -0.15) is 9.48 Å². The van der Waals surface area contributed by atoms with E-state index in [2.05, 4.69) is 4.99 Å². The maximum Gasteiger partial charge on any atom is 0.445 e. The Balaban J connectivity index is 1.71. The number of fused-ring (bicyclic) bond motifs is 1. The molecule has 3 rings (SSSR count). The number of rotatable bonds is 3. The van der Waals surface area contributed by atoms with Crippen molar-refractivity contribution in [2.75, 3.05) is 32.9 Å². The minimum absolute atomic E-state index is 0.109. The number of hydrogen-bond donors (Lipinski definition) is 0. The molecule has 0 N–H and O–H groups in total. The molecule has 7 nitrogen and oxygen atoms in total. The molecule has 134 valence electrons. The lowest BCUT2D eigenvalue weighted by atomic mass is 10.0. The molecule has 1 atom stereocenters. The van der Waals surface area contributed by atoms with Crippen molar-refractivity contribution in [1.29, 1.82) is 0 Å². The second-order valence-electron chi connectivity index (χ2n) is 6.46. The Hall–Kier alpha value is -1.96. The van der Waals surface area contributed by atoms with Crippen molar-refractivity contribution in [1.82, 2.24) is 9.80 Å². The molecular weight excluding hydrogens is 340 g/mol. The topological polar surface area (TPSA) is 73.1 Å².